The van der Waals surface area contributed by atoms with Crippen molar-refractivity contribution in [2.45, 2.75) is 19.8 Å². The lowest BCUT2D eigenvalue weighted by Gasteiger charge is -2.11. The van der Waals surface area contributed by atoms with Gasteiger partial charge in [-0.15, -0.1) is 0 Å². The summed E-state index contributed by atoms with van der Waals surface area (Å²) in [5.41, 5.74) is 4.38. The summed E-state index contributed by atoms with van der Waals surface area (Å²) in [6.07, 6.45) is 1.26. The van der Waals surface area contributed by atoms with Crippen LogP contribution in [0, 0.1) is 3.57 Å². The molecular weight excluding hydrogens is 427 g/mol. The Balaban J connectivity index is 2.13. The maximum atomic E-state index is 11.6. The first kappa shape index (κ1) is 17.8. The van der Waals surface area contributed by atoms with E-state index in [1.807, 2.05) is 29.9 Å². The summed E-state index contributed by atoms with van der Waals surface area (Å²) in [6.45, 7) is 2.48. The van der Waals surface area contributed by atoms with Crippen molar-refractivity contribution in [3.8, 4) is 11.3 Å². The van der Waals surface area contributed by atoms with Gasteiger partial charge in [-0.2, -0.15) is 4.73 Å². The number of carbonyl (C=O) groups excluding carboxylic acids is 1. The molecule has 0 aliphatic heterocycles. The van der Waals surface area contributed by atoms with Gasteiger partial charge in [-0.25, -0.2) is 0 Å². The third-order valence-corrected chi connectivity index (χ3v) is 4.91. The quantitative estimate of drug-likeness (QED) is 0.579. The lowest BCUT2D eigenvalue weighted by atomic mass is 10.0. The van der Waals surface area contributed by atoms with Gasteiger partial charge in [0, 0.05) is 27.5 Å². The average Bonchev–Trinajstić information content (AvgIpc) is 2.95. The van der Waals surface area contributed by atoms with E-state index in [0.29, 0.717) is 13.0 Å². The molecule has 3 rings (SSSR count). The lowest BCUT2D eigenvalue weighted by Crippen LogP contribution is -2.24. The molecule has 0 saturated carbocycles. The Kier molecular flexibility index (Phi) is 5.63. The molecule has 130 valence electrons. The minimum atomic E-state index is 0.0753. The molecule has 0 bridgehead atoms. The van der Waals surface area contributed by atoms with Crippen LogP contribution in [0.3, 0.4) is 0 Å². The number of halogens is 1. The van der Waals surface area contributed by atoms with E-state index in [4.69, 9.17) is 4.84 Å². The van der Waals surface area contributed by atoms with Gasteiger partial charge in [0.2, 0.25) is 5.91 Å². The highest BCUT2D eigenvalue weighted by atomic mass is 127. The normalized spacial score (nSPS) is 10.8. The first-order valence-corrected chi connectivity index (χ1v) is 9.43. The fraction of sp³-hybridized carbons (Fsp3) is 0.250. The van der Waals surface area contributed by atoms with Gasteiger partial charge in [0.25, 0.3) is 0 Å². The SMILES string of the molecule is CCC(=O)NCCc1c(-c2ccccc2)n(OC)c2ccc(I)cc12. The van der Waals surface area contributed by atoms with Crippen LogP contribution in [0.4, 0.5) is 0 Å². The van der Waals surface area contributed by atoms with Gasteiger partial charge >= 0.3 is 0 Å². The van der Waals surface area contributed by atoms with Crippen LogP contribution in [0.25, 0.3) is 22.2 Å². The third-order valence-electron chi connectivity index (χ3n) is 4.24. The third kappa shape index (κ3) is 3.66. The Bertz CT molecular complexity index is 888. The van der Waals surface area contributed by atoms with Crippen molar-refractivity contribution in [2.75, 3.05) is 13.7 Å². The number of nitrogens with zero attached hydrogens (tertiary/aromatic N) is 1. The smallest absolute Gasteiger partial charge is 0.219 e. The lowest BCUT2D eigenvalue weighted by molar-refractivity contribution is -0.120. The van der Waals surface area contributed by atoms with Crippen molar-refractivity contribution in [3.05, 3.63) is 57.7 Å². The monoisotopic (exact) mass is 448 g/mol. The molecule has 0 unspecified atom stereocenters. The van der Waals surface area contributed by atoms with E-state index in [0.717, 1.165) is 23.2 Å². The molecule has 0 saturated heterocycles. The molecule has 0 atom stereocenters. The minimum Gasteiger partial charge on any atom is -0.416 e. The number of aromatic nitrogens is 1. The van der Waals surface area contributed by atoms with Crippen LogP contribution in [0.1, 0.15) is 18.9 Å². The fourth-order valence-electron chi connectivity index (χ4n) is 3.08. The Morgan fingerprint density at radius 1 is 1.20 bits per heavy atom. The highest BCUT2D eigenvalue weighted by Crippen LogP contribution is 2.34. The number of nitrogens with one attached hydrogen (secondary N) is 1. The van der Waals surface area contributed by atoms with Gasteiger partial charge in [0.1, 0.15) is 7.11 Å². The predicted molar refractivity (Wildman–Crippen MR) is 110 cm³/mol. The zero-order chi connectivity index (χ0) is 17.8. The first-order chi connectivity index (χ1) is 12.2. The van der Waals surface area contributed by atoms with Crippen molar-refractivity contribution in [1.29, 1.82) is 0 Å². The molecule has 4 nitrogen and oxygen atoms in total. The van der Waals surface area contributed by atoms with Crippen molar-refractivity contribution >= 4 is 39.4 Å². The molecule has 1 aromatic heterocycles. The van der Waals surface area contributed by atoms with Crippen LogP contribution in [0.15, 0.2) is 48.5 Å². The van der Waals surface area contributed by atoms with E-state index >= 15 is 0 Å². The minimum absolute atomic E-state index is 0.0753. The Hall–Kier alpha value is -2.02. The number of rotatable bonds is 6. The van der Waals surface area contributed by atoms with Gasteiger partial charge < -0.3 is 10.2 Å². The number of benzene rings is 2. The van der Waals surface area contributed by atoms with Gasteiger partial charge in [-0.05, 0) is 52.8 Å². The van der Waals surface area contributed by atoms with Crippen LogP contribution in [0.5, 0.6) is 0 Å². The second kappa shape index (κ2) is 7.91. The summed E-state index contributed by atoms with van der Waals surface area (Å²) in [6, 6.07) is 16.6. The molecule has 0 radical (unpaired) electrons. The number of hydrogen-bond acceptors (Lipinski definition) is 2. The molecule has 2 aromatic carbocycles. The molecule has 0 fully saturated rings. The van der Waals surface area contributed by atoms with E-state index in [1.54, 1.807) is 7.11 Å². The zero-order valence-corrected chi connectivity index (χ0v) is 16.5. The summed E-state index contributed by atoms with van der Waals surface area (Å²) >= 11 is 2.33. The molecule has 0 aliphatic carbocycles. The van der Waals surface area contributed by atoms with E-state index in [1.165, 1.54) is 14.5 Å². The van der Waals surface area contributed by atoms with Crippen molar-refractivity contribution < 1.29 is 9.63 Å². The summed E-state index contributed by atoms with van der Waals surface area (Å²) in [5, 5.41) is 4.14. The Morgan fingerprint density at radius 2 is 1.96 bits per heavy atom. The maximum absolute atomic E-state index is 11.6. The number of carbonyl (C=O) groups is 1. The molecule has 25 heavy (non-hydrogen) atoms. The summed E-state index contributed by atoms with van der Waals surface area (Å²) < 4.78 is 3.06. The standard InChI is InChI=1S/C20H21IN2O2/c1-3-19(24)22-12-11-16-17-13-15(21)9-10-18(17)23(25-2)20(16)14-7-5-4-6-8-14/h4-10,13H,3,11-12H2,1-2H3,(H,22,24). The predicted octanol–water partition coefficient (Wildman–Crippen LogP) is 4.04. The fourth-order valence-corrected chi connectivity index (χ4v) is 3.57. The van der Waals surface area contributed by atoms with Crippen LogP contribution < -0.4 is 10.2 Å². The van der Waals surface area contributed by atoms with E-state index < -0.39 is 0 Å². The molecule has 0 spiro atoms. The zero-order valence-electron chi connectivity index (χ0n) is 14.4. The van der Waals surface area contributed by atoms with E-state index in [2.05, 4.69) is 58.2 Å². The molecule has 1 amide bonds. The number of fused-ring (bicyclic) bond motifs is 1. The van der Waals surface area contributed by atoms with E-state index in [9.17, 15) is 4.79 Å². The second-order valence-corrected chi connectivity index (χ2v) is 7.03. The second-order valence-electron chi connectivity index (χ2n) is 5.79. The van der Waals surface area contributed by atoms with Crippen LogP contribution in [-0.2, 0) is 11.2 Å². The maximum Gasteiger partial charge on any atom is 0.219 e. The molecule has 5 heteroatoms. The summed E-state index contributed by atoms with van der Waals surface area (Å²) in [4.78, 5) is 17.3. The first-order valence-electron chi connectivity index (χ1n) is 8.35. The largest absolute Gasteiger partial charge is 0.416 e. The van der Waals surface area contributed by atoms with Gasteiger partial charge in [0.05, 0.1) is 11.2 Å². The topological polar surface area (TPSA) is 43.3 Å². The molecule has 1 heterocycles. The van der Waals surface area contributed by atoms with Crippen molar-refractivity contribution in [3.63, 3.8) is 0 Å². The molecule has 3 aromatic rings. The van der Waals surface area contributed by atoms with Crippen LogP contribution in [0.2, 0.25) is 0 Å². The molecular formula is C20H21IN2O2. The number of hydrogen-bond donors (Lipinski definition) is 1. The van der Waals surface area contributed by atoms with Crippen LogP contribution in [-0.4, -0.2) is 24.3 Å². The average molecular weight is 448 g/mol. The number of amides is 1. The van der Waals surface area contributed by atoms with Gasteiger partial charge in [0.15, 0.2) is 0 Å². The van der Waals surface area contributed by atoms with E-state index in [-0.39, 0.29) is 5.91 Å². The molecule has 1 N–H and O–H groups in total. The van der Waals surface area contributed by atoms with Crippen molar-refractivity contribution in [2.24, 2.45) is 0 Å². The summed E-state index contributed by atoms with van der Waals surface area (Å²) in [5.74, 6) is 0.0753. The Morgan fingerprint density at radius 3 is 2.64 bits per heavy atom. The van der Waals surface area contributed by atoms with Crippen molar-refractivity contribution in [1.82, 2.24) is 10.0 Å². The Labute approximate surface area is 161 Å². The van der Waals surface area contributed by atoms with Gasteiger partial charge in [-0.3, -0.25) is 4.79 Å². The summed E-state index contributed by atoms with van der Waals surface area (Å²) in [7, 11) is 1.69. The highest BCUT2D eigenvalue weighted by molar-refractivity contribution is 14.1. The van der Waals surface area contributed by atoms with Gasteiger partial charge in [-0.1, -0.05) is 37.3 Å². The van der Waals surface area contributed by atoms with Crippen LogP contribution >= 0.6 is 22.6 Å². The molecule has 0 aliphatic rings. The highest BCUT2D eigenvalue weighted by Gasteiger charge is 2.19.